The highest BCUT2D eigenvalue weighted by Gasteiger charge is 2.33. The summed E-state index contributed by atoms with van der Waals surface area (Å²) in [7, 11) is 0. The molecule has 0 unspecified atom stereocenters. The molecule has 0 atom stereocenters. The van der Waals surface area contributed by atoms with Gasteiger partial charge in [0.25, 0.3) is 0 Å². The van der Waals surface area contributed by atoms with Crippen molar-refractivity contribution in [3.8, 4) is 11.4 Å². The van der Waals surface area contributed by atoms with Crippen LogP contribution in [-0.4, -0.2) is 25.0 Å². The van der Waals surface area contributed by atoms with Gasteiger partial charge in [-0.15, -0.1) is 11.3 Å². The predicted molar refractivity (Wildman–Crippen MR) is 85.6 cm³/mol. The second kappa shape index (κ2) is 7.11. The van der Waals surface area contributed by atoms with Gasteiger partial charge in [0.05, 0.1) is 18.8 Å². The van der Waals surface area contributed by atoms with E-state index in [4.69, 9.17) is 5.11 Å². The largest absolute Gasteiger partial charge is 0.433 e. The molecule has 0 aliphatic carbocycles. The van der Waals surface area contributed by atoms with Gasteiger partial charge < -0.3 is 10.4 Å². The number of nitrogens with zero attached hydrogens (tertiary/aromatic N) is 4. The molecule has 0 bridgehead atoms. The third-order valence-electron chi connectivity index (χ3n) is 3.14. The molecule has 3 heterocycles. The minimum Gasteiger partial charge on any atom is -0.390 e. The molecule has 0 radical (unpaired) electrons. The molecule has 3 aromatic heterocycles. The van der Waals surface area contributed by atoms with E-state index in [0.29, 0.717) is 16.3 Å². The molecular formula is C15H12F3N5OS. The summed E-state index contributed by atoms with van der Waals surface area (Å²) in [5.74, 6) is -0.00945. The Morgan fingerprint density at radius 1 is 1.12 bits per heavy atom. The lowest BCUT2D eigenvalue weighted by Gasteiger charge is -2.11. The molecule has 0 aromatic carbocycles. The average molecular weight is 367 g/mol. The fraction of sp³-hybridized carbons (Fsp3) is 0.200. The summed E-state index contributed by atoms with van der Waals surface area (Å²) >= 11 is 1.30. The summed E-state index contributed by atoms with van der Waals surface area (Å²) in [4.78, 5) is 15.7. The molecule has 0 saturated heterocycles. The Bertz CT molecular complexity index is 854. The maximum Gasteiger partial charge on any atom is 0.433 e. The molecule has 10 heteroatoms. The summed E-state index contributed by atoms with van der Waals surface area (Å²) in [6.45, 7) is 0.00316. The molecule has 0 aliphatic rings. The van der Waals surface area contributed by atoms with Crippen molar-refractivity contribution in [3.05, 3.63) is 52.4 Å². The summed E-state index contributed by atoms with van der Waals surface area (Å²) in [6, 6.07) is 3.92. The highest BCUT2D eigenvalue weighted by atomic mass is 32.1. The first-order chi connectivity index (χ1) is 12.0. The summed E-state index contributed by atoms with van der Waals surface area (Å²) in [6.07, 6.45) is -1.68. The number of alkyl halides is 3. The van der Waals surface area contributed by atoms with Gasteiger partial charge in [-0.1, -0.05) is 0 Å². The number of thiazole rings is 1. The van der Waals surface area contributed by atoms with Crippen LogP contribution in [0.5, 0.6) is 0 Å². The first kappa shape index (κ1) is 17.2. The molecule has 3 rings (SSSR count). The average Bonchev–Trinajstić information content (AvgIpc) is 3.08. The van der Waals surface area contributed by atoms with Crippen LogP contribution in [0.3, 0.4) is 0 Å². The number of aliphatic hydroxyl groups is 1. The molecule has 25 heavy (non-hydrogen) atoms. The van der Waals surface area contributed by atoms with Crippen LogP contribution in [0.2, 0.25) is 0 Å². The summed E-state index contributed by atoms with van der Waals surface area (Å²) in [5.41, 5.74) is -0.0918. The quantitative estimate of drug-likeness (QED) is 0.721. The van der Waals surface area contributed by atoms with Crippen molar-refractivity contribution in [3.63, 3.8) is 0 Å². The van der Waals surface area contributed by atoms with Crippen molar-refractivity contribution in [2.75, 3.05) is 5.32 Å². The first-order valence-corrected chi connectivity index (χ1v) is 7.98. The van der Waals surface area contributed by atoms with E-state index in [1.165, 1.54) is 35.9 Å². The van der Waals surface area contributed by atoms with E-state index in [9.17, 15) is 13.2 Å². The van der Waals surface area contributed by atoms with Gasteiger partial charge in [0.1, 0.15) is 10.8 Å². The van der Waals surface area contributed by atoms with E-state index in [0.717, 1.165) is 6.07 Å². The molecule has 0 spiro atoms. The van der Waals surface area contributed by atoms with Gasteiger partial charge in [0.2, 0.25) is 0 Å². The Balaban J connectivity index is 1.89. The minimum atomic E-state index is -4.59. The molecule has 3 aromatic rings. The summed E-state index contributed by atoms with van der Waals surface area (Å²) in [5, 5.41) is 14.1. The molecule has 0 amide bonds. The lowest BCUT2D eigenvalue weighted by molar-refractivity contribution is -0.141. The normalized spacial score (nSPS) is 11.5. The second-order valence-electron chi connectivity index (χ2n) is 4.94. The van der Waals surface area contributed by atoms with E-state index in [-0.39, 0.29) is 24.8 Å². The van der Waals surface area contributed by atoms with Crippen LogP contribution in [0.1, 0.15) is 16.4 Å². The van der Waals surface area contributed by atoms with E-state index in [1.54, 1.807) is 5.38 Å². The third kappa shape index (κ3) is 4.28. The van der Waals surface area contributed by atoms with E-state index in [1.807, 2.05) is 0 Å². The van der Waals surface area contributed by atoms with Gasteiger partial charge in [0, 0.05) is 29.4 Å². The smallest absolute Gasteiger partial charge is 0.390 e. The Hall–Kier alpha value is -2.59. The Labute approximate surface area is 144 Å². The van der Waals surface area contributed by atoms with Crippen molar-refractivity contribution < 1.29 is 18.3 Å². The lowest BCUT2D eigenvalue weighted by Crippen LogP contribution is -2.12. The number of nitrogens with one attached hydrogen (secondary N) is 1. The molecule has 0 saturated carbocycles. The van der Waals surface area contributed by atoms with Crippen molar-refractivity contribution in [2.24, 2.45) is 0 Å². The van der Waals surface area contributed by atoms with Gasteiger partial charge in [-0.25, -0.2) is 15.0 Å². The number of aromatic nitrogens is 4. The Kier molecular flexibility index (Phi) is 4.91. The van der Waals surface area contributed by atoms with Gasteiger partial charge in [0.15, 0.2) is 11.5 Å². The Morgan fingerprint density at radius 3 is 2.52 bits per heavy atom. The van der Waals surface area contributed by atoms with Crippen molar-refractivity contribution in [1.29, 1.82) is 0 Å². The van der Waals surface area contributed by atoms with E-state index < -0.39 is 11.9 Å². The van der Waals surface area contributed by atoms with Crippen LogP contribution < -0.4 is 5.32 Å². The SMILES string of the molecule is OCc1csc(CNc2cc(C(F)(F)F)nc(-c3ccncc3)n2)n1. The molecule has 0 aliphatic heterocycles. The standard InChI is InChI=1S/C15H12F3N5OS/c16-15(17,18)11-5-12(20-6-13-21-10(7-24)8-25-13)23-14(22-11)9-1-3-19-4-2-9/h1-5,8,24H,6-7H2,(H,20,22,23). The zero-order chi connectivity index (χ0) is 17.9. The fourth-order valence-corrected chi connectivity index (χ4v) is 2.71. The number of pyridine rings is 1. The van der Waals surface area contributed by atoms with Crippen molar-refractivity contribution in [2.45, 2.75) is 19.3 Å². The number of anilines is 1. The number of hydrogen-bond acceptors (Lipinski definition) is 7. The van der Waals surface area contributed by atoms with Crippen LogP contribution in [0.15, 0.2) is 36.0 Å². The Morgan fingerprint density at radius 2 is 1.88 bits per heavy atom. The van der Waals surface area contributed by atoms with Crippen LogP contribution in [0, 0.1) is 0 Å². The van der Waals surface area contributed by atoms with Crippen molar-refractivity contribution in [1.82, 2.24) is 19.9 Å². The predicted octanol–water partition coefficient (Wildman–Crippen LogP) is 3.12. The molecule has 2 N–H and O–H groups in total. The van der Waals surface area contributed by atoms with Crippen LogP contribution in [0.4, 0.5) is 19.0 Å². The zero-order valence-corrected chi connectivity index (χ0v) is 13.5. The van der Waals surface area contributed by atoms with Crippen LogP contribution >= 0.6 is 11.3 Å². The van der Waals surface area contributed by atoms with Gasteiger partial charge in [-0.05, 0) is 12.1 Å². The monoisotopic (exact) mass is 367 g/mol. The minimum absolute atomic E-state index is 0.0369. The molecule has 6 nitrogen and oxygen atoms in total. The van der Waals surface area contributed by atoms with E-state index >= 15 is 0 Å². The second-order valence-corrected chi connectivity index (χ2v) is 5.88. The van der Waals surface area contributed by atoms with Gasteiger partial charge >= 0.3 is 6.18 Å². The number of aliphatic hydroxyl groups excluding tert-OH is 1. The maximum atomic E-state index is 13.1. The first-order valence-electron chi connectivity index (χ1n) is 7.10. The lowest BCUT2D eigenvalue weighted by atomic mass is 10.2. The maximum absolute atomic E-state index is 13.1. The third-order valence-corrected chi connectivity index (χ3v) is 4.03. The van der Waals surface area contributed by atoms with Crippen LogP contribution in [0.25, 0.3) is 11.4 Å². The molecular weight excluding hydrogens is 355 g/mol. The highest BCUT2D eigenvalue weighted by Crippen LogP contribution is 2.30. The summed E-state index contributed by atoms with van der Waals surface area (Å²) < 4.78 is 39.3. The topological polar surface area (TPSA) is 83.8 Å². The number of rotatable bonds is 5. The molecule has 0 fully saturated rings. The highest BCUT2D eigenvalue weighted by molar-refractivity contribution is 7.09. The van der Waals surface area contributed by atoms with Crippen molar-refractivity contribution >= 4 is 17.2 Å². The molecule has 130 valence electrons. The zero-order valence-electron chi connectivity index (χ0n) is 12.7. The number of halogens is 3. The number of hydrogen-bond donors (Lipinski definition) is 2. The van der Waals surface area contributed by atoms with Crippen LogP contribution in [-0.2, 0) is 19.3 Å². The van der Waals surface area contributed by atoms with Gasteiger partial charge in [-0.2, -0.15) is 13.2 Å². The fourth-order valence-electron chi connectivity index (χ4n) is 1.98. The van der Waals surface area contributed by atoms with E-state index in [2.05, 4.69) is 25.3 Å². The van der Waals surface area contributed by atoms with Gasteiger partial charge in [-0.3, -0.25) is 4.98 Å².